The molecule has 0 radical (unpaired) electrons. The van der Waals surface area contributed by atoms with Gasteiger partial charge in [-0.15, -0.1) is 0 Å². The van der Waals surface area contributed by atoms with E-state index in [9.17, 15) is 14.7 Å². The van der Waals surface area contributed by atoms with Crippen LogP contribution in [0.15, 0.2) is 54.6 Å². The molecular weight excluding hydrogens is 416 g/mol. The third kappa shape index (κ3) is 6.57. The zero-order valence-corrected chi connectivity index (χ0v) is 19.9. The molecule has 1 saturated heterocycles. The van der Waals surface area contributed by atoms with E-state index in [1.807, 2.05) is 42.5 Å². The van der Waals surface area contributed by atoms with Crippen molar-refractivity contribution in [3.63, 3.8) is 0 Å². The van der Waals surface area contributed by atoms with Crippen molar-refractivity contribution in [2.75, 3.05) is 32.8 Å². The number of benzene rings is 2. The number of rotatable bonds is 9. The van der Waals surface area contributed by atoms with Crippen LogP contribution in [-0.4, -0.2) is 54.7 Å². The van der Waals surface area contributed by atoms with E-state index in [0.717, 1.165) is 30.6 Å². The van der Waals surface area contributed by atoms with Crippen LogP contribution < -0.4 is 5.32 Å². The summed E-state index contributed by atoms with van der Waals surface area (Å²) >= 11 is 0. The molecule has 1 aliphatic heterocycles. The van der Waals surface area contributed by atoms with Crippen LogP contribution in [0.4, 0.5) is 0 Å². The highest BCUT2D eigenvalue weighted by atomic mass is 16.5. The molecule has 1 amide bonds. The molecule has 6 heteroatoms. The summed E-state index contributed by atoms with van der Waals surface area (Å²) in [4.78, 5) is 27.1. The van der Waals surface area contributed by atoms with Crippen molar-refractivity contribution in [3.8, 4) is 5.75 Å². The van der Waals surface area contributed by atoms with Crippen LogP contribution in [0.1, 0.15) is 38.3 Å². The molecule has 1 unspecified atom stereocenters. The predicted molar refractivity (Wildman–Crippen MR) is 129 cm³/mol. The van der Waals surface area contributed by atoms with Crippen LogP contribution in [0.5, 0.6) is 5.75 Å². The van der Waals surface area contributed by atoms with Crippen LogP contribution in [0, 0.1) is 11.8 Å². The second-order valence-corrected chi connectivity index (χ2v) is 9.29. The number of esters is 1. The number of carbonyl (C=O) groups excluding carboxylic acids is 2. The van der Waals surface area contributed by atoms with Gasteiger partial charge in [0.2, 0.25) is 5.91 Å². The fourth-order valence-electron chi connectivity index (χ4n) is 4.74. The summed E-state index contributed by atoms with van der Waals surface area (Å²) in [5.74, 6) is -0.157. The van der Waals surface area contributed by atoms with Crippen LogP contribution >= 0.6 is 0 Å². The van der Waals surface area contributed by atoms with Crippen molar-refractivity contribution in [1.29, 1.82) is 0 Å². The summed E-state index contributed by atoms with van der Waals surface area (Å²) in [6.45, 7) is 8.80. The number of hydrogen-bond acceptors (Lipinski definition) is 5. The molecule has 0 bridgehead atoms. The number of ether oxygens (including phenoxy) is 1. The molecule has 0 spiro atoms. The maximum Gasteiger partial charge on any atom is 0.325 e. The number of phenolic OH excluding ortho intramolecular Hbond substituents is 1. The van der Waals surface area contributed by atoms with Crippen molar-refractivity contribution in [1.82, 2.24) is 10.2 Å². The SMILES string of the molecule is CCOC(=O)CNC(=O)[C@@H](Cc1ccccc1)CN1CC[C@@](C)(c2cccc(O)c2)C(C)C1. The fraction of sp³-hybridized carbons (Fsp3) is 0.481. The maximum absolute atomic E-state index is 13.0. The molecule has 1 heterocycles. The number of phenols is 1. The van der Waals surface area contributed by atoms with Gasteiger partial charge < -0.3 is 20.1 Å². The monoisotopic (exact) mass is 452 g/mol. The third-order valence-electron chi connectivity index (χ3n) is 6.96. The Morgan fingerprint density at radius 2 is 1.97 bits per heavy atom. The van der Waals surface area contributed by atoms with E-state index in [0.29, 0.717) is 31.2 Å². The highest BCUT2D eigenvalue weighted by Crippen LogP contribution is 2.40. The summed E-state index contributed by atoms with van der Waals surface area (Å²) in [5.41, 5.74) is 2.22. The van der Waals surface area contributed by atoms with Crippen molar-refractivity contribution < 1.29 is 19.4 Å². The second kappa shape index (κ2) is 11.3. The van der Waals surface area contributed by atoms with Gasteiger partial charge >= 0.3 is 5.97 Å². The summed E-state index contributed by atoms with van der Waals surface area (Å²) in [5, 5.41) is 12.7. The Labute approximate surface area is 196 Å². The lowest BCUT2D eigenvalue weighted by Crippen LogP contribution is -2.50. The van der Waals surface area contributed by atoms with E-state index < -0.39 is 5.97 Å². The smallest absolute Gasteiger partial charge is 0.325 e. The number of nitrogens with zero attached hydrogens (tertiary/aromatic N) is 1. The highest BCUT2D eigenvalue weighted by Gasteiger charge is 2.39. The Balaban J connectivity index is 1.68. The standard InChI is InChI=1S/C27H36N2O4/c1-4-33-25(31)17-28-26(32)22(15-21-9-6-5-7-10-21)19-29-14-13-27(3,20(2)18-29)23-11-8-12-24(30)16-23/h5-12,16,20,22,30H,4,13-15,17-19H2,1-3H3,(H,28,32)/t20?,22-,27+/m0/s1. The molecule has 2 aromatic rings. The van der Waals surface area contributed by atoms with Crippen LogP contribution in [0.3, 0.4) is 0 Å². The number of likely N-dealkylation sites (tertiary alicyclic amines) is 1. The lowest BCUT2D eigenvalue weighted by atomic mass is 9.68. The minimum absolute atomic E-state index is 0.0314. The molecule has 1 aliphatic rings. The lowest BCUT2D eigenvalue weighted by molar-refractivity contribution is -0.143. The van der Waals surface area contributed by atoms with E-state index in [4.69, 9.17) is 4.74 Å². The first-order valence-corrected chi connectivity index (χ1v) is 11.8. The molecule has 0 saturated carbocycles. The van der Waals surface area contributed by atoms with Gasteiger partial charge in [-0.1, -0.05) is 56.3 Å². The molecule has 0 aliphatic carbocycles. The minimum Gasteiger partial charge on any atom is -0.508 e. The summed E-state index contributed by atoms with van der Waals surface area (Å²) < 4.78 is 4.95. The predicted octanol–water partition coefficient (Wildman–Crippen LogP) is 3.53. The van der Waals surface area contributed by atoms with Crippen LogP contribution in [-0.2, 0) is 26.2 Å². The summed E-state index contributed by atoms with van der Waals surface area (Å²) in [6, 6.07) is 17.6. The van der Waals surface area contributed by atoms with Crippen LogP contribution in [0.25, 0.3) is 0 Å². The minimum atomic E-state index is -0.419. The van der Waals surface area contributed by atoms with E-state index >= 15 is 0 Å². The zero-order valence-electron chi connectivity index (χ0n) is 19.9. The molecule has 1 fully saturated rings. The molecule has 6 nitrogen and oxygen atoms in total. The number of nitrogens with one attached hydrogen (secondary N) is 1. The molecule has 178 valence electrons. The molecule has 0 aromatic heterocycles. The number of hydrogen-bond donors (Lipinski definition) is 2. The molecule has 3 atom stereocenters. The molecule has 2 aromatic carbocycles. The quantitative estimate of drug-likeness (QED) is 0.569. The van der Waals surface area contributed by atoms with Gasteiger partial charge in [-0.25, -0.2) is 0 Å². The first-order chi connectivity index (χ1) is 15.8. The average molecular weight is 453 g/mol. The molecular formula is C27H36N2O4. The molecule has 33 heavy (non-hydrogen) atoms. The molecule has 2 N–H and O–H groups in total. The maximum atomic E-state index is 13.0. The van der Waals surface area contributed by atoms with Gasteiger partial charge in [0.15, 0.2) is 0 Å². The number of amides is 1. The van der Waals surface area contributed by atoms with E-state index in [-0.39, 0.29) is 23.8 Å². The largest absolute Gasteiger partial charge is 0.508 e. The Morgan fingerprint density at radius 3 is 2.64 bits per heavy atom. The van der Waals surface area contributed by atoms with Crippen molar-refractivity contribution in [2.45, 2.75) is 39.0 Å². The van der Waals surface area contributed by atoms with Gasteiger partial charge in [-0.2, -0.15) is 0 Å². The average Bonchev–Trinajstić information content (AvgIpc) is 2.80. The van der Waals surface area contributed by atoms with Crippen molar-refractivity contribution in [2.24, 2.45) is 11.8 Å². The van der Waals surface area contributed by atoms with E-state index in [2.05, 4.69) is 30.1 Å². The zero-order chi connectivity index (χ0) is 23.8. The Bertz CT molecular complexity index is 933. The van der Waals surface area contributed by atoms with Crippen LogP contribution in [0.2, 0.25) is 0 Å². The van der Waals surface area contributed by atoms with Gasteiger partial charge in [0.05, 0.1) is 12.5 Å². The van der Waals surface area contributed by atoms with Gasteiger partial charge in [0.1, 0.15) is 12.3 Å². The number of aromatic hydroxyl groups is 1. The lowest BCUT2D eigenvalue weighted by Gasteiger charge is -2.45. The van der Waals surface area contributed by atoms with E-state index in [1.54, 1.807) is 13.0 Å². The van der Waals surface area contributed by atoms with E-state index in [1.165, 1.54) is 0 Å². The summed E-state index contributed by atoms with van der Waals surface area (Å²) in [7, 11) is 0. The number of carbonyl (C=O) groups is 2. The second-order valence-electron chi connectivity index (χ2n) is 9.29. The van der Waals surface area contributed by atoms with Crippen molar-refractivity contribution in [3.05, 3.63) is 65.7 Å². The van der Waals surface area contributed by atoms with Gasteiger partial charge in [0, 0.05) is 13.1 Å². The van der Waals surface area contributed by atoms with Gasteiger partial charge in [-0.3, -0.25) is 9.59 Å². The fourth-order valence-corrected chi connectivity index (χ4v) is 4.74. The van der Waals surface area contributed by atoms with Crippen molar-refractivity contribution >= 4 is 11.9 Å². The van der Waals surface area contributed by atoms with Gasteiger partial charge in [-0.05, 0) is 60.9 Å². The Hall–Kier alpha value is -2.86. The molecule has 3 rings (SSSR count). The normalized spacial score (nSPS) is 21.8. The summed E-state index contributed by atoms with van der Waals surface area (Å²) in [6.07, 6.45) is 1.56. The van der Waals surface area contributed by atoms with Gasteiger partial charge in [0.25, 0.3) is 0 Å². The third-order valence-corrected chi connectivity index (χ3v) is 6.96. The Morgan fingerprint density at radius 1 is 1.21 bits per heavy atom. The Kier molecular flexibility index (Phi) is 8.50. The number of piperidine rings is 1. The highest BCUT2D eigenvalue weighted by molar-refractivity contribution is 5.83. The first-order valence-electron chi connectivity index (χ1n) is 11.8. The first kappa shape index (κ1) is 24.8. The topological polar surface area (TPSA) is 78.9 Å².